The van der Waals surface area contributed by atoms with E-state index in [0.717, 1.165) is 21.4 Å². The van der Waals surface area contributed by atoms with E-state index < -0.39 is 12.0 Å². The molecule has 2 aliphatic rings. The molecule has 40 heavy (non-hydrogen) atoms. The molecule has 2 aromatic carbocycles. The minimum atomic E-state index is -0.658. The maximum Gasteiger partial charge on any atom is 0.338 e. The molecular formula is C31H29BrN2O5S. The molecule has 1 aromatic heterocycles. The molecule has 0 unspecified atom stereocenters. The first-order chi connectivity index (χ1) is 19.4. The van der Waals surface area contributed by atoms with E-state index in [1.807, 2.05) is 72.8 Å². The molecule has 0 saturated heterocycles. The normalized spacial score (nSPS) is 18.9. The second-order valence-electron chi connectivity index (χ2n) is 9.37. The number of aromatic nitrogens is 1. The average molecular weight is 622 g/mol. The van der Waals surface area contributed by atoms with E-state index in [4.69, 9.17) is 14.2 Å². The first-order valence-corrected chi connectivity index (χ1v) is 14.6. The van der Waals surface area contributed by atoms with Gasteiger partial charge in [0.05, 0.1) is 35.6 Å². The molecule has 0 radical (unpaired) electrons. The summed E-state index contributed by atoms with van der Waals surface area (Å²) in [6, 6.07) is 16.7. The van der Waals surface area contributed by atoms with E-state index in [1.54, 1.807) is 25.5 Å². The van der Waals surface area contributed by atoms with Gasteiger partial charge in [-0.05, 0) is 49.6 Å². The minimum Gasteiger partial charge on any atom is -0.497 e. The average Bonchev–Trinajstić information content (AvgIpc) is 3.26. The second kappa shape index (κ2) is 12.2. The van der Waals surface area contributed by atoms with Gasteiger partial charge in [0.2, 0.25) is 0 Å². The molecule has 2 atom stereocenters. The summed E-state index contributed by atoms with van der Waals surface area (Å²) in [7, 11) is 1.60. The van der Waals surface area contributed by atoms with Crippen LogP contribution in [0.25, 0.3) is 6.08 Å². The number of methoxy groups -OCH3 is 1. The summed E-state index contributed by atoms with van der Waals surface area (Å²) in [5.41, 5.74) is 2.56. The van der Waals surface area contributed by atoms with Gasteiger partial charge >= 0.3 is 5.97 Å². The van der Waals surface area contributed by atoms with Crippen molar-refractivity contribution in [3.63, 3.8) is 0 Å². The Morgan fingerprint density at radius 3 is 2.60 bits per heavy atom. The molecule has 1 aliphatic heterocycles. The minimum absolute atomic E-state index is 0.00938. The maximum atomic E-state index is 13.8. The Morgan fingerprint density at radius 1 is 1.18 bits per heavy atom. The van der Waals surface area contributed by atoms with Crippen molar-refractivity contribution in [2.75, 3.05) is 13.7 Å². The van der Waals surface area contributed by atoms with Crippen molar-refractivity contribution in [3.8, 4) is 5.75 Å². The third-order valence-electron chi connectivity index (χ3n) is 6.73. The van der Waals surface area contributed by atoms with Gasteiger partial charge in [-0.1, -0.05) is 81.9 Å². The van der Waals surface area contributed by atoms with Gasteiger partial charge in [0, 0.05) is 10.4 Å². The number of thiazole rings is 1. The SMILES string of the molecule is CCOC(=O)C1=C(C)N=c2s/c(=C\[C@H]3C=CC(OCc4ccccc4)=C(Br)C3)c(=O)n2[C@@H]1c1ccc(OC)cc1. The smallest absolute Gasteiger partial charge is 0.338 e. The lowest BCUT2D eigenvalue weighted by molar-refractivity contribution is -0.139. The molecule has 3 aromatic rings. The number of ether oxygens (including phenoxy) is 3. The van der Waals surface area contributed by atoms with Crippen molar-refractivity contribution in [1.82, 2.24) is 4.57 Å². The van der Waals surface area contributed by atoms with Crippen LogP contribution in [0.4, 0.5) is 0 Å². The van der Waals surface area contributed by atoms with Gasteiger partial charge in [-0.15, -0.1) is 0 Å². The van der Waals surface area contributed by atoms with Crippen molar-refractivity contribution in [3.05, 3.63) is 119 Å². The topological polar surface area (TPSA) is 79.1 Å². The molecule has 0 bridgehead atoms. The molecule has 0 saturated carbocycles. The molecule has 9 heteroatoms. The van der Waals surface area contributed by atoms with Crippen LogP contribution in [0.2, 0.25) is 0 Å². The van der Waals surface area contributed by atoms with Gasteiger partial charge in [0.15, 0.2) is 4.80 Å². The zero-order valence-corrected chi connectivity index (χ0v) is 24.8. The van der Waals surface area contributed by atoms with E-state index in [2.05, 4.69) is 20.9 Å². The zero-order valence-electron chi connectivity index (χ0n) is 22.4. The molecule has 0 N–H and O–H groups in total. The first-order valence-electron chi connectivity index (χ1n) is 13.0. The van der Waals surface area contributed by atoms with Crippen LogP contribution in [0.3, 0.4) is 0 Å². The van der Waals surface area contributed by atoms with Crippen LogP contribution >= 0.6 is 27.3 Å². The largest absolute Gasteiger partial charge is 0.497 e. The summed E-state index contributed by atoms with van der Waals surface area (Å²) in [5.74, 6) is 0.976. The summed E-state index contributed by atoms with van der Waals surface area (Å²) in [5, 5.41) is 0. The van der Waals surface area contributed by atoms with Crippen LogP contribution in [0.5, 0.6) is 5.75 Å². The number of carbonyl (C=O) groups excluding carboxylic acids is 1. The van der Waals surface area contributed by atoms with Crippen molar-refractivity contribution < 1.29 is 19.0 Å². The fraction of sp³-hybridized carbons (Fsp3) is 0.258. The van der Waals surface area contributed by atoms with E-state index in [-0.39, 0.29) is 18.1 Å². The zero-order chi connectivity index (χ0) is 28.2. The monoisotopic (exact) mass is 620 g/mol. The molecule has 5 rings (SSSR count). The van der Waals surface area contributed by atoms with Gasteiger partial charge in [-0.25, -0.2) is 9.79 Å². The number of carbonyl (C=O) groups is 1. The first kappa shape index (κ1) is 27.9. The molecule has 0 amide bonds. The highest BCUT2D eigenvalue weighted by molar-refractivity contribution is 9.11. The van der Waals surface area contributed by atoms with Crippen LogP contribution in [-0.2, 0) is 20.9 Å². The van der Waals surface area contributed by atoms with Crippen LogP contribution < -0.4 is 19.6 Å². The number of hydrogen-bond donors (Lipinski definition) is 0. The molecule has 0 spiro atoms. The van der Waals surface area contributed by atoms with E-state index >= 15 is 0 Å². The molecule has 1 aliphatic carbocycles. The summed E-state index contributed by atoms with van der Waals surface area (Å²) in [6.07, 6.45) is 6.61. The third-order valence-corrected chi connectivity index (χ3v) is 8.44. The Balaban J connectivity index is 1.47. The van der Waals surface area contributed by atoms with Crippen LogP contribution in [0.1, 0.15) is 37.4 Å². The molecular weight excluding hydrogens is 592 g/mol. The van der Waals surface area contributed by atoms with Crippen molar-refractivity contribution in [2.45, 2.75) is 32.9 Å². The Morgan fingerprint density at radius 2 is 1.93 bits per heavy atom. The van der Waals surface area contributed by atoms with Gasteiger partial charge < -0.3 is 14.2 Å². The van der Waals surface area contributed by atoms with Crippen molar-refractivity contribution in [1.29, 1.82) is 0 Å². The lowest BCUT2D eigenvalue weighted by Crippen LogP contribution is -2.40. The fourth-order valence-electron chi connectivity index (χ4n) is 4.75. The number of benzene rings is 2. The van der Waals surface area contributed by atoms with Gasteiger partial charge in [-0.2, -0.15) is 0 Å². The van der Waals surface area contributed by atoms with Crippen molar-refractivity contribution >= 4 is 39.3 Å². The Hall–Kier alpha value is -3.69. The number of halogens is 1. The lowest BCUT2D eigenvalue weighted by atomic mass is 9.96. The number of rotatable bonds is 8. The van der Waals surface area contributed by atoms with Crippen LogP contribution in [0.15, 0.2) is 98.0 Å². The quantitative estimate of drug-likeness (QED) is 0.325. The van der Waals surface area contributed by atoms with E-state index in [1.165, 1.54) is 11.3 Å². The molecule has 7 nitrogen and oxygen atoms in total. The number of esters is 1. The number of nitrogens with zero attached hydrogens (tertiary/aromatic N) is 2. The fourth-order valence-corrected chi connectivity index (χ4v) is 6.47. The van der Waals surface area contributed by atoms with E-state index in [9.17, 15) is 9.59 Å². The second-order valence-corrected chi connectivity index (χ2v) is 11.3. The number of allylic oxidation sites excluding steroid dienone is 4. The standard InChI is InChI=1S/C31H29BrN2O5S/c1-4-38-30(36)27-19(2)33-31-34(28(27)22-11-13-23(37-3)14-12-22)29(35)26(40-31)17-21-10-15-25(24(32)16-21)39-18-20-8-6-5-7-9-20/h5-15,17,21,28H,4,16,18H2,1-3H3/b26-17-/t21-,28+/m0/s1. The van der Waals surface area contributed by atoms with Gasteiger partial charge in [0.25, 0.3) is 5.56 Å². The van der Waals surface area contributed by atoms with Crippen LogP contribution in [0, 0.1) is 5.92 Å². The number of hydrogen-bond acceptors (Lipinski definition) is 7. The Kier molecular flexibility index (Phi) is 8.52. The summed E-state index contributed by atoms with van der Waals surface area (Å²) < 4.78 is 19.8. The molecule has 2 heterocycles. The summed E-state index contributed by atoms with van der Waals surface area (Å²) >= 11 is 5.00. The third kappa shape index (κ3) is 5.76. The Bertz CT molecular complexity index is 1680. The van der Waals surface area contributed by atoms with Crippen LogP contribution in [-0.4, -0.2) is 24.3 Å². The highest BCUT2D eigenvalue weighted by atomic mass is 79.9. The highest BCUT2D eigenvalue weighted by Crippen LogP contribution is 2.32. The Labute approximate surface area is 244 Å². The predicted molar refractivity (Wildman–Crippen MR) is 159 cm³/mol. The summed E-state index contributed by atoms with van der Waals surface area (Å²) in [6.45, 7) is 4.24. The summed E-state index contributed by atoms with van der Waals surface area (Å²) in [4.78, 5) is 32.1. The molecule has 206 valence electrons. The van der Waals surface area contributed by atoms with Gasteiger partial charge in [0.1, 0.15) is 18.1 Å². The highest BCUT2D eigenvalue weighted by Gasteiger charge is 2.33. The van der Waals surface area contributed by atoms with Gasteiger partial charge in [-0.3, -0.25) is 9.36 Å². The lowest BCUT2D eigenvalue weighted by Gasteiger charge is -2.24. The van der Waals surface area contributed by atoms with E-state index in [0.29, 0.717) is 39.4 Å². The van der Waals surface area contributed by atoms with Crippen molar-refractivity contribution in [2.24, 2.45) is 10.9 Å². The maximum absolute atomic E-state index is 13.8. The molecule has 0 fully saturated rings. The number of fused-ring (bicyclic) bond motifs is 1. The predicted octanol–water partition coefficient (Wildman–Crippen LogP) is 5.16.